The molecule has 1 aromatic rings. The molecule has 0 bridgehead atoms. The minimum Gasteiger partial charge on any atom is -0.380 e. The lowest BCUT2D eigenvalue weighted by molar-refractivity contribution is -0.0134. The molecule has 2 atom stereocenters. The van der Waals surface area contributed by atoms with E-state index in [1.165, 1.54) is 12.0 Å². The van der Waals surface area contributed by atoms with Gasteiger partial charge in [0.2, 0.25) is 0 Å². The van der Waals surface area contributed by atoms with Crippen LogP contribution in [-0.2, 0) is 10.2 Å². The monoisotopic (exact) mass is 267 g/mol. The Morgan fingerprint density at radius 1 is 1.33 bits per heavy atom. The first-order chi connectivity index (χ1) is 8.44. The molecule has 0 spiro atoms. The minimum absolute atomic E-state index is 0.0208. The molecule has 2 unspecified atom stereocenters. The predicted molar refractivity (Wildman–Crippen MR) is 76.0 cm³/mol. The van der Waals surface area contributed by atoms with Crippen molar-refractivity contribution in [1.29, 1.82) is 0 Å². The zero-order valence-corrected chi connectivity index (χ0v) is 12.1. The molecule has 1 aromatic carbocycles. The normalized spacial score (nSPS) is 22.9. The summed E-state index contributed by atoms with van der Waals surface area (Å²) >= 11 is 5.97. The van der Waals surface area contributed by atoms with Gasteiger partial charge in [-0.2, -0.15) is 0 Å². The molecule has 0 heterocycles. The first kappa shape index (κ1) is 13.9. The first-order valence-electron chi connectivity index (χ1n) is 6.52. The van der Waals surface area contributed by atoms with Crippen molar-refractivity contribution in [1.82, 2.24) is 0 Å². The minimum atomic E-state index is -0.367. The summed E-state index contributed by atoms with van der Waals surface area (Å²) in [5.74, 6) is 0. The molecule has 2 N–H and O–H groups in total. The summed E-state index contributed by atoms with van der Waals surface area (Å²) in [5.41, 5.74) is 7.56. The summed E-state index contributed by atoms with van der Waals surface area (Å²) in [4.78, 5) is 0. The summed E-state index contributed by atoms with van der Waals surface area (Å²) in [6.07, 6.45) is 3.49. The fourth-order valence-corrected chi connectivity index (χ4v) is 3.20. The molecule has 0 saturated heterocycles. The molecule has 0 radical (unpaired) electrons. The van der Waals surface area contributed by atoms with Gasteiger partial charge in [-0.1, -0.05) is 30.2 Å². The zero-order valence-electron chi connectivity index (χ0n) is 11.4. The third-order valence-corrected chi connectivity index (χ3v) is 5.09. The molecule has 1 saturated carbocycles. The molecule has 1 aliphatic rings. The smallest absolute Gasteiger partial charge is 0.0728 e. The van der Waals surface area contributed by atoms with Crippen molar-refractivity contribution < 1.29 is 4.74 Å². The maximum absolute atomic E-state index is 6.62. The van der Waals surface area contributed by atoms with Crippen LogP contribution in [0.3, 0.4) is 0 Å². The van der Waals surface area contributed by atoms with E-state index in [-0.39, 0.29) is 17.1 Å². The van der Waals surface area contributed by atoms with Crippen molar-refractivity contribution in [3.05, 3.63) is 34.9 Å². The molecule has 2 rings (SSSR count). The lowest BCUT2D eigenvalue weighted by Crippen LogP contribution is -2.65. The number of hydrogen-bond donors (Lipinski definition) is 1. The van der Waals surface area contributed by atoms with Crippen LogP contribution in [-0.4, -0.2) is 18.8 Å². The van der Waals surface area contributed by atoms with Crippen molar-refractivity contribution in [2.75, 3.05) is 7.11 Å². The molecule has 2 nitrogen and oxygen atoms in total. The maximum atomic E-state index is 6.62. The molecule has 0 aromatic heterocycles. The van der Waals surface area contributed by atoms with E-state index in [0.29, 0.717) is 0 Å². The van der Waals surface area contributed by atoms with Gasteiger partial charge in [0, 0.05) is 23.1 Å². The van der Waals surface area contributed by atoms with Crippen LogP contribution in [0, 0.1) is 0 Å². The standard InChI is InChI=1S/C15H22ClNO/c1-11(18-3)14(2,17)15(9-4-10-15)12-5-7-13(16)8-6-12/h5-8,11H,4,9-10,17H2,1-3H3. The van der Waals surface area contributed by atoms with Crippen molar-refractivity contribution in [2.24, 2.45) is 5.73 Å². The molecule has 0 aliphatic heterocycles. The molecule has 18 heavy (non-hydrogen) atoms. The average molecular weight is 268 g/mol. The van der Waals surface area contributed by atoms with Gasteiger partial charge in [-0.3, -0.25) is 0 Å². The van der Waals surface area contributed by atoms with Crippen LogP contribution >= 0.6 is 11.6 Å². The Hall–Kier alpha value is -0.570. The van der Waals surface area contributed by atoms with Crippen LogP contribution in [0.5, 0.6) is 0 Å². The lowest BCUT2D eigenvalue weighted by atomic mass is 9.53. The Balaban J connectivity index is 2.39. The van der Waals surface area contributed by atoms with E-state index in [0.717, 1.165) is 17.9 Å². The highest BCUT2D eigenvalue weighted by atomic mass is 35.5. The van der Waals surface area contributed by atoms with Gasteiger partial charge >= 0.3 is 0 Å². The van der Waals surface area contributed by atoms with Crippen LogP contribution in [0.4, 0.5) is 0 Å². The van der Waals surface area contributed by atoms with Crippen LogP contribution in [0.25, 0.3) is 0 Å². The van der Waals surface area contributed by atoms with Crippen molar-refractivity contribution >= 4 is 11.6 Å². The van der Waals surface area contributed by atoms with E-state index in [2.05, 4.69) is 26.0 Å². The van der Waals surface area contributed by atoms with Crippen LogP contribution in [0.1, 0.15) is 38.7 Å². The van der Waals surface area contributed by atoms with Gasteiger partial charge in [0.1, 0.15) is 0 Å². The van der Waals surface area contributed by atoms with E-state index in [1.54, 1.807) is 7.11 Å². The molecular weight excluding hydrogens is 246 g/mol. The highest BCUT2D eigenvalue weighted by molar-refractivity contribution is 6.30. The fourth-order valence-electron chi connectivity index (χ4n) is 3.07. The molecule has 100 valence electrons. The van der Waals surface area contributed by atoms with Crippen molar-refractivity contribution in [3.8, 4) is 0 Å². The fraction of sp³-hybridized carbons (Fsp3) is 0.600. The van der Waals surface area contributed by atoms with Crippen LogP contribution in [0.2, 0.25) is 5.02 Å². The molecule has 1 fully saturated rings. The summed E-state index contributed by atoms with van der Waals surface area (Å²) in [5, 5.41) is 0.770. The van der Waals surface area contributed by atoms with E-state index >= 15 is 0 Å². The second kappa shape index (κ2) is 4.84. The number of rotatable bonds is 4. The van der Waals surface area contributed by atoms with E-state index < -0.39 is 0 Å². The van der Waals surface area contributed by atoms with E-state index in [4.69, 9.17) is 22.1 Å². The van der Waals surface area contributed by atoms with E-state index in [9.17, 15) is 0 Å². The second-order valence-electron chi connectivity index (χ2n) is 5.60. The Labute approximate surface area is 114 Å². The number of nitrogens with two attached hydrogens (primary N) is 1. The Morgan fingerprint density at radius 2 is 1.89 bits per heavy atom. The van der Waals surface area contributed by atoms with E-state index in [1.807, 2.05) is 12.1 Å². The third kappa shape index (κ3) is 1.97. The predicted octanol–water partition coefficient (Wildman–Crippen LogP) is 3.51. The Bertz CT molecular complexity index is 409. The summed E-state index contributed by atoms with van der Waals surface area (Å²) < 4.78 is 5.49. The molecule has 3 heteroatoms. The number of ether oxygens (including phenoxy) is 1. The van der Waals surface area contributed by atoms with Crippen LogP contribution < -0.4 is 5.73 Å². The number of halogens is 1. The highest BCUT2D eigenvalue weighted by Gasteiger charge is 2.53. The lowest BCUT2D eigenvalue weighted by Gasteiger charge is -2.55. The van der Waals surface area contributed by atoms with Gasteiger partial charge in [-0.15, -0.1) is 0 Å². The average Bonchev–Trinajstić information content (AvgIpc) is 2.28. The largest absolute Gasteiger partial charge is 0.380 e. The molecule has 1 aliphatic carbocycles. The van der Waals surface area contributed by atoms with Gasteiger partial charge in [-0.05, 0) is 44.4 Å². The molecular formula is C15H22ClNO. The topological polar surface area (TPSA) is 35.2 Å². The van der Waals surface area contributed by atoms with Gasteiger partial charge in [0.25, 0.3) is 0 Å². The van der Waals surface area contributed by atoms with Gasteiger partial charge in [0.15, 0.2) is 0 Å². The maximum Gasteiger partial charge on any atom is 0.0728 e. The van der Waals surface area contributed by atoms with Gasteiger partial charge in [0.05, 0.1) is 6.10 Å². The zero-order chi connectivity index (χ0) is 13.4. The number of methoxy groups -OCH3 is 1. The number of benzene rings is 1. The highest BCUT2D eigenvalue weighted by Crippen LogP contribution is 2.51. The summed E-state index contributed by atoms with van der Waals surface area (Å²) in [6.45, 7) is 4.16. The SMILES string of the molecule is COC(C)C(C)(N)C1(c2ccc(Cl)cc2)CCC1. The first-order valence-corrected chi connectivity index (χ1v) is 6.89. The summed E-state index contributed by atoms with van der Waals surface area (Å²) in [7, 11) is 1.73. The van der Waals surface area contributed by atoms with Gasteiger partial charge in [-0.25, -0.2) is 0 Å². The Kier molecular flexibility index (Phi) is 3.72. The quantitative estimate of drug-likeness (QED) is 0.906. The number of hydrogen-bond acceptors (Lipinski definition) is 2. The summed E-state index contributed by atoms with van der Waals surface area (Å²) in [6, 6.07) is 8.11. The molecule has 0 amide bonds. The van der Waals surface area contributed by atoms with Gasteiger partial charge < -0.3 is 10.5 Å². The Morgan fingerprint density at radius 3 is 2.28 bits per heavy atom. The second-order valence-corrected chi connectivity index (χ2v) is 6.04. The third-order valence-electron chi connectivity index (χ3n) is 4.83. The van der Waals surface area contributed by atoms with Crippen molar-refractivity contribution in [3.63, 3.8) is 0 Å². The van der Waals surface area contributed by atoms with Crippen molar-refractivity contribution in [2.45, 2.75) is 50.2 Å². The van der Waals surface area contributed by atoms with Crippen LogP contribution in [0.15, 0.2) is 24.3 Å².